The van der Waals surface area contributed by atoms with E-state index in [0.717, 1.165) is 0 Å². The maximum atomic E-state index is 5.88. The first-order chi connectivity index (χ1) is 6.29. The molecular weight excluding hydrogens is 158 g/mol. The maximum Gasteiger partial charge on any atom is 0.0272 e. The Morgan fingerprint density at radius 2 is 1.77 bits per heavy atom. The molecular formula is C12H15N. The van der Waals surface area contributed by atoms with Crippen molar-refractivity contribution in [3.05, 3.63) is 48.0 Å². The molecule has 2 aromatic rings. The van der Waals surface area contributed by atoms with Crippen LogP contribution in [0.2, 0.25) is 0 Å². The zero-order valence-corrected chi connectivity index (χ0v) is 7.70. The molecule has 1 unspecified atom stereocenters. The van der Waals surface area contributed by atoms with Crippen LogP contribution in [0.1, 0.15) is 20.0 Å². The van der Waals surface area contributed by atoms with Crippen LogP contribution in [0, 0.1) is 0 Å². The monoisotopic (exact) mass is 173 g/mol. The highest BCUT2D eigenvalue weighted by atomic mass is 14.6. The fourth-order valence-electron chi connectivity index (χ4n) is 1.65. The van der Waals surface area contributed by atoms with E-state index in [1.807, 2.05) is 19.1 Å². The molecule has 68 valence electrons. The molecule has 2 rings (SSSR count). The first-order valence-electron chi connectivity index (χ1n) is 4.52. The lowest BCUT2D eigenvalue weighted by Gasteiger charge is -2.09. The minimum Gasteiger partial charge on any atom is -0.324 e. The van der Waals surface area contributed by atoms with Crippen LogP contribution in [0.3, 0.4) is 0 Å². The van der Waals surface area contributed by atoms with Gasteiger partial charge in [0.05, 0.1) is 0 Å². The summed E-state index contributed by atoms with van der Waals surface area (Å²) < 4.78 is 0. The standard InChI is InChI=1S/C12H13N.H2/c1-9(13)11-8-4-6-10-5-2-3-7-12(10)11;/h2-9H,13H2,1H3;1H. The molecule has 0 heterocycles. The zero-order chi connectivity index (χ0) is 9.26. The van der Waals surface area contributed by atoms with Gasteiger partial charge < -0.3 is 5.73 Å². The van der Waals surface area contributed by atoms with Gasteiger partial charge in [0.25, 0.3) is 0 Å². The van der Waals surface area contributed by atoms with Crippen LogP contribution in [0.4, 0.5) is 0 Å². The molecule has 0 saturated carbocycles. The molecule has 13 heavy (non-hydrogen) atoms. The summed E-state index contributed by atoms with van der Waals surface area (Å²) in [6, 6.07) is 14.7. The van der Waals surface area contributed by atoms with Crippen molar-refractivity contribution in [1.29, 1.82) is 0 Å². The Kier molecular flexibility index (Phi) is 2.03. The van der Waals surface area contributed by atoms with Gasteiger partial charge in [-0.25, -0.2) is 0 Å². The topological polar surface area (TPSA) is 26.0 Å². The molecule has 0 aromatic heterocycles. The van der Waals surface area contributed by atoms with Crippen LogP contribution in [-0.4, -0.2) is 0 Å². The van der Waals surface area contributed by atoms with E-state index in [2.05, 4.69) is 30.3 Å². The van der Waals surface area contributed by atoms with Crippen molar-refractivity contribution >= 4 is 10.8 Å². The Labute approximate surface area is 79.7 Å². The maximum absolute atomic E-state index is 5.88. The summed E-state index contributed by atoms with van der Waals surface area (Å²) in [4.78, 5) is 0. The van der Waals surface area contributed by atoms with Crippen LogP contribution in [0.15, 0.2) is 42.5 Å². The first-order valence-corrected chi connectivity index (χ1v) is 4.52. The van der Waals surface area contributed by atoms with Gasteiger partial charge in [-0.05, 0) is 23.3 Å². The summed E-state index contributed by atoms with van der Waals surface area (Å²) in [5.41, 5.74) is 7.10. The molecule has 0 spiro atoms. The second-order valence-corrected chi connectivity index (χ2v) is 3.36. The number of benzene rings is 2. The average molecular weight is 173 g/mol. The molecule has 0 aliphatic rings. The Morgan fingerprint density at radius 3 is 2.54 bits per heavy atom. The van der Waals surface area contributed by atoms with Gasteiger partial charge in [0.15, 0.2) is 0 Å². The molecule has 2 N–H and O–H groups in total. The van der Waals surface area contributed by atoms with E-state index < -0.39 is 0 Å². The Balaban J connectivity index is 0.000000980. The van der Waals surface area contributed by atoms with Crippen LogP contribution < -0.4 is 5.73 Å². The molecule has 2 aromatic carbocycles. The lowest BCUT2D eigenvalue weighted by molar-refractivity contribution is 0.827. The summed E-state index contributed by atoms with van der Waals surface area (Å²) in [5.74, 6) is 0. The predicted molar refractivity (Wildman–Crippen MR) is 58.7 cm³/mol. The quantitative estimate of drug-likeness (QED) is 0.704. The SMILES string of the molecule is CC(N)c1cccc2ccccc12.[HH]. The van der Waals surface area contributed by atoms with Crippen molar-refractivity contribution in [2.24, 2.45) is 5.73 Å². The predicted octanol–water partition coefficient (Wildman–Crippen LogP) is 3.11. The third-order valence-corrected chi connectivity index (χ3v) is 2.31. The highest BCUT2D eigenvalue weighted by Gasteiger charge is 2.02. The summed E-state index contributed by atoms with van der Waals surface area (Å²) in [6.45, 7) is 2.02. The molecule has 0 fully saturated rings. The molecule has 0 radical (unpaired) electrons. The molecule has 1 nitrogen and oxygen atoms in total. The van der Waals surface area contributed by atoms with Crippen LogP contribution in [0.5, 0.6) is 0 Å². The number of rotatable bonds is 1. The fourth-order valence-corrected chi connectivity index (χ4v) is 1.65. The van der Waals surface area contributed by atoms with Crippen LogP contribution in [-0.2, 0) is 0 Å². The summed E-state index contributed by atoms with van der Waals surface area (Å²) in [5, 5.41) is 2.53. The van der Waals surface area contributed by atoms with Crippen molar-refractivity contribution in [2.75, 3.05) is 0 Å². The Morgan fingerprint density at radius 1 is 1.08 bits per heavy atom. The van der Waals surface area contributed by atoms with E-state index in [1.54, 1.807) is 0 Å². The Bertz CT molecular complexity index is 418. The molecule has 0 saturated heterocycles. The van der Waals surface area contributed by atoms with E-state index in [0.29, 0.717) is 0 Å². The van der Waals surface area contributed by atoms with E-state index in [1.165, 1.54) is 16.3 Å². The molecule has 0 bridgehead atoms. The van der Waals surface area contributed by atoms with Crippen LogP contribution >= 0.6 is 0 Å². The van der Waals surface area contributed by atoms with Gasteiger partial charge in [0.1, 0.15) is 0 Å². The van der Waals surface area contributed by atoms with Crippen molar-refractivity contribution in [2.45, 2.75) is 13.0 Å². The zero-order valence-electron chi connectivity index (χ0n) is 7.70. The van der Waals surface area contributed by atoms with Crippen molar-refractivity contribution in [3.63, 3.8) is 0 Å². The smallest absolute Gasteiger partial charge is 0.0272 e. The number of nitrogens with two attached hydrogens (primary N) is 1. The van der Waals surface area contributed by atoms with E-state index in [-0.39, 0.29) is 7.47 Å². The molecule has 1 atom stereocenters. The van der Waals surface area contributed by atoms with Gasteiger partial charge in [-0.2, -0.15) is 0 Å². The highest BCUT2D eigenvalue weighted by Crippen LogP contribution is 2.22. The lowest BCUT2D eigenvalue weighted by Crippen LogP contribution is -2.05. The normalized spacial score (nSPS) is 13.1. The average Bonchev–Trinajstić information content (AvgIpc) is 2.17. The Hall–Kier alpha value is -1.34. The van der Waals surface area contributed by atoms with Crippen molar-refractivity contribution in [1.82, 2.24) is 0 Å². The van der Waals surface area contributed by atoms with Gasteiger partial charge in [0, 0.05) is 7.47 Å². The second kappa shape index (κ2) is 3.19. The molecule has 0 amide bonds. The van der Waals surface area contributed by atoms with Gasteiger partial charge in [-0.15, -0.1) is 0 Å². The largest absolute Gasteiger partial charge is 0.324 e. The van der Waals surface area contributed by atoms with Gasteiger partial charge in [0.2, 0.25) is 0 Å². The minimum absolute atomic E-state index is 0. The van der Waals surface area contributed by atoms with E-state index >= 15 is 0 Å². The number of hydrogen-bond acceptors (Lipinski definition) is 1. The van der Waals surface area contributed by atoms with Crippen molar-refractivity contribution in [3.8, 4) is 0 Å². The van der Waals surface area contributed by atoms with Gasteiger partial charge in [-0.1, -0.05) is 42.5 Å². The fraction of sp³-hybridized carbons (Fsp3) is 0.167. The number of hydrogen-bond donors (Lipinski definition) is 1. The van der Waals surface area contributed by atoms with Crippen molar-refractivity contribution < 1.29 is 1.43 Å². The van der Waals surface area contributed by atoms with Crippen LogP contribution in [0.25, 0.3) is 10.8 Å². The molecule has 1 heteroatoms. The second-order valence-electron chi connectivity index (χ2n) is 3.36. The summed E-state index contributed by atoms with van der Waals surface area (Å²) in [6.07, 6.45) is 0. The summed E-state index contributed by atoms with van der Waals surface area (Å²) in [7, 11) is 0. The van der Waals surface area contributed by atoms with Gasteiger partial charge in [-0.3, -0.25) is 0 Å². The summed E-state index contributed by atoms with van der Waals surface area (Å²) >= 11 is 0. The van der Waals surface area contributed by atoms with E-state index in [9.17, 15) is 0 Å². The first kappa shape index (κ1) is 8.27. The number of fused-ring (bicyclic) bond motifs is 1. The third kappa shape index (κ3) is 1.43. The van der Waals surface area contributed by atoms with Gasteiger partial charge >= 0.3 is 0 Å². The third-order valence-electron chi connectivity index (χ3n) is 2.31. The molecule has 0 aliphatic carbocycles. The lowest BCUT2D eigenvalue weighted by atomic mass is 10.0. The highest BCUT2D eigenvalue weighted by molar-refractivity contribution is 5.85. The van der Waals surface area contributed by atoms with E-state index in [4.69, 9.17) is 5.73 Å². The minimum atomic E-state index is 0. The molecule has 0 aliphatic heterocycles.